The molecule has 2 heterocycles. The highest BCUT2D eigenvalue weighted by Crippen LogP contribution is 2.31. The van der Waals surface area contributed by atoms with Gasteiger partial charge in [0.15, 0.2) is 0 Å². The second-order valence-corrected chi connectivity index (χ2v) is 8.48. The van der Waals surface area contributed by atoms with Gasteiger partial charge in [-0.1, -0.05) is 0 Å². The molecule has 29 heavy (non-hydrogen) atoms. The lowest BCUT2D eigenvalue weighted by Crippen LogP contribution is -2.39. The van der Waals surface area contributed by atoms with Gasteiger partial charge in [-0.25, -0.2) is 0 Å². The third-order valence-corrected chi connectivity index (χ3v) is 6.41. The summed E-state index contributed by atoms with van der Waals surface area (Å²) in [5.41, 5.74) is 5.61. The van der Waals surface area contributed by atoms with Crippen molar-refractivity contribution in [3.8, 4) is 10.4 Å². The lowest BCUT2D eigenvalue weighted by Gasteiger charge is -2.29. The Balaban J connectivity index is 1.48. The number of hydrogen-bond acceptors (Lipinski definition) is 5. The number of aromatic nitrogens is 2. The van der Waals surface area contributed by atoms with Crippen molar-refractivity contribution >= 4 is 28.1 Å². The third-order valence-electron chi connectivity index (χ3n) is 5.59. The third kappa shape index (κ3) is 4.52. The number of hydrogen-bond donors (Lipinski definition) is 2. The average molecular weight is 414 g/mol. The van der Waals surface area contributed by atoms with Gasteiger partial charge >= 0.3 is 0 Å². The van der Waals surface area contributed by atoms with E-state index < -0.39 is 0 Å². The Morgan fingerprint density at radius 3 is 2.83 bits per heavy atom. The van der Waals surface area contributed by atoms with Crippen LogP contribution in [0.15, 0.2) is 30.0 Å². The van der Waals surface area contributed by atoms with Crippen molar-refractivity contribution < 1.29 is 14.3 Å². The van der Waals surface area contributed by atoms with Crippen molar-refractivity contribution in [1.29, 1.82) is 0 Å². The van der Waals surface area contributed by atoms with E-state index in [4.69, 9.17) is 9.47 Å². The van der Waals surface area contributed by atoms with E-state index in [-0.39, 0.29) is 18.1 Å². The van der Waals surface area contributed by atoms with Gasteiger partial charge in [-0.15, -0.1) is 11.3 Å². The van der Waals surface area contributed by atoms with Crippen molar-refractivity contribution in [1.82, 2.24) is 15.3 Å². The molecule has 1 aromatic carbocycles. The maximum atomic E-state index is 13.2. The molecular weight excluding hydrogens is 386 g/mol. The first-order valence-electron chi connectivity index (χ1n) is 10.1. The second-order valence-electron chi connectivity index (χ2n) is 7.59. The van der Waals surface area contributed by atoms with Gasteiger partial charge in [0.25, 0.3) is 5.91 Å². The molecule has 2 aromatic heterocycles. The number of carbonyl (C=O) groups is 1. The Labute approximate surface area is 174 Å². The fraction of sp³-hybridized carbons (Fsp3) is 0.455. The lowest BCUT2D eigenvalue weighted by atomic mass is 9.92. The van der Waals surface area contributed by atoms with Crippen LogP contribution in [0.25, 0.3) is 21.3 Å². The van der Waals surface area contributed by atoms with Gasteiger partial charge in [0, 0.05) is 42.0 Å². The predicted octanol–water partition coefficient (Wildman–Crippen LogP) is 4.30. The molecule has 3 aromatic rings. The fourth-order valence-corrected chi connectivity index (χ4v) is 4.66. The summed E-state index contributed by atoms with van der Waals surface area (Å²) in [5.74, 6) is -0.00665. The van der Waals surface area contributed by atoms with Crippen LogP contribution in [0.2, 0.25) is 0 Å². The number of carbonyl (C=O) groups excluding carboxylic acids is 1. The molecule has 0 aliphatic heterocycles. The number of ether oxygens (including phenoxy) is 2. The Morgan fingerprint density at radius 2 is 2.10 bits per heavy atom. The molecule has 1 saturated carbocycles. The fourth-order valence-electron chi connectivity index (χ4n) is 4.05. The summed E-state index contributed by atoms with van der Waals surface area (Å²) in [6, 6.07) is 4.27. The zero-order valence-electron chi connectivity index (χ0n) is 16.9. The normalized spacial score (nSPS) is 19.5. The van der Waals surface area contributed by atoms with E-state index in [0.717, 1.165) is 58.2 Å². The molecule has 0 atom stereocenters. The molecule has 6 nitrogen and oxygen atoms in total. The molecule has 0 saturated heterocycles. The minimum absolute atomic E-state index is 0.00665. The average Bonchev–Trinajstić information content (AvgIpc) is 3.39. The van der Waals surface area contributed by atoms with Gasteiger partial charge in [0.1, 0.15) is 0 Å². The largest absolute Gasteiger partial charge is 0.382 e. The van der Waals surface area contributed by atoms with Crippen LogP contribution in [0.3, 0.4) is 0 Å². The topological polar surface area (TPSA) is 76.2 Å². The van der Waals surface area contributed by atoms with E-state index in [1.165, 1.54) is 0 Å². The molecular formula is C22H27N3O3S. The zero-order valence-corrected chi connectivity index (χ0v) is 17.7. The van der Waals surface area contributed by atoms with E-state index in [1.807, 2.05) is 30.9 Å². The number of aryl methyl sites for hydroxylation is 1. The van der Waals surface area contributed by atoms with Crippen molar-refractivity contribution in [2.45, 2.75) is 44.8 Å². The van der Waals surface area contributed by atoms with Crippen molar-refractivity contribution in [3.05, 3.63) is 41.2 Å². The highest BCUT2D eigenvalue weighted by molar-refractivity contribution is 7.13. The maximum absolute atomic E-state index is 13.2. The number of methoxy groups -OCH3 is 1. The smallest absolute Gasteiger partial charge is 0.252 e. The Morgan fingerprint density at radius 1 is 1.28 bits per heavy atom. The number of nitrogens with one attached hydrogen (secondary N) is 2. The number of rotatable bonds is 7. The summed E-state index contributed by atoms with van der Waals surface area (Å²) >= 11 is 1.58. The Hall–Kier alpha value is -2.22. The second kappa shape index (κ2) is 9.07. The molecule has 7 heteroatoms. The molecule has 0 spiro atoms. The van der Waals surface area contributed by atoms with Crippen LogP contribution in [0.1, 0.15) is 41.6 Å². The SMILES string of the molecule is COCCOC1CCC(NC(=O)c2cc(-c3cncs3)cc3[nH]cc(C)c23)CC1. The number of thiazole rings is 1. The van der Waals surface area contributed by atoms with Crippen LogP contribution < -0.4 is 5.32 Å². The first-order chi connectivity index (χ1) is 14.2. The molecule has 1 amide bonds. The van der Waals surface area contributed by atoms with Crippen LogP contribution >= 0.6 is 11.3 Å². The van der Waals surface area contributed by atoms with Crippen LogP contribution in [-0.4, -0.2) is 48.3 Å². The minimum Gasteiger partial charge on any atom is -0.382 e. The van der Waals surface area contributed by atoms with Gasteiger partial charge in [0.2, 0.25) is 0 Å². The van der Waals surface area contributed by atoms with E-state index >= 15 is 0 Å². The number of nitrogens with zero attached hydrogens (tertiary/aromatic N) is 1. The Kier molecular flexibility index (Phi) is 6.28. The maximum Gasteiger partial charge on any atom is 0.252 e. The van der Waals surface area contributed by atoms with Crippen LogP contribution in [0.4, 0.5) is 0 Å². The van der Waals surface area contributed by atoms with E-state index in [2.05, 4.69) is 21.4 Å². The van der Waals surface area contributed by atoms with Gasteiger partial charge in [0.05, 0.1) is 29.7 Å². The number of amides is 1. The highest BCUT2D eigenvalue weighted by Gasteiger charge is 2.24. The van der Waals surface area contributed by atoms with Crippen molar-refractivity contribution in [3.63, 3.8) is 0 Å². The van der Waals surface area contributed by atoms with Crippen LogP contribution in [0, 0.1) is 6.92 Å². The molecule has 154 valence electrons. The predicted molar refractivity (Wildman–Crippen MR) is 115 cm³/mol. The summed E-state index contributed by atoms with van der Waals surface area (Å²) < 4.78 is 10.9. The molecule has 0 bridgehead atoms. The minimum atomic E-state index is -0.00665. The van der Waals surface area contributed by atoms with E-state index in [9.17, 15) is 4.79 Å². The van der Waals surface area contributed by atoms with Crippen LogP contribution in [0.5, 0.6) is 0 Å². The quantitative estimate of drug-likeness (QED) is 0.566. The van der Waals surface area contributed by atoms with Gasteiger partial charge < -0.3 is 19.8 Å². The van der Waals surface area contributed by atoms with E-state index in [1.54, 1.807) is 18.4 Å². The highest BCUT2D eigenvalue weighted by atomic mass is 32.1. The van der Waals surface area contributed by atoms with E-state index in [0.29, 0.717) is 13.2 Å². The van der Waals surface area contributed by atoms with Gasteiger partial charge in [-0.2, -0.15) is 0 Å². The first kappa shape index (κ1) is 20.1. The van der Waals surface area contributed by atoms with Gasteiger partial charge in [-0.3, -0.25) is 9.78 Å². The first-order valence-corrected chi connectivity index (χ1v) is 11.0. The van der Waals surface area contributed by atoms with Crippen LogP contribution in [-0.2, 0) is 9.47 Å². The zero-order chi connectivity index (χ0) is 20.2. The molecule has 1 fully saturated rings. The number of fused-ring (bicyclic) bond motifs is 1. The van der Waals surface area contributed by atoms with Gasteiger partial charge in [-0.05, 0) is 55.9 Å². The molecule has 1 aliphatic rings. The number of benzene rings is 1. The molecule has 0 radical (unpaired) electrons. The summed E-state index contributed by atoms with van der Waals surface area (Å²) in [5, 5.41) is 4.25. The number of aromatic amines is 1. The summed E-state index contributed by atoms with van der Waals surface area (Å²) in [4.78, 5) is 21.7. The lowest BCUT2D eigenvalue weighted by molar-refractivity contribution is -0.00408. The summed E-state index contributed by atoms with van der Waals surface area (Å²) in [7, 11) is 1.68. The molecule has 1 aliphatic carbocycles. The standard InChI is InChI=1S/C22H27N3O3S/c1-14-11-24-19-10-15(20-12-23-13-29-20)9-18(21(14)19)22(26)25-16-3-5-17(6-4-16)28-8-7-27-2/h9-13,16-17,24H,3-8H2,1-2H3,(H,25,26). The molecule has 2 N–H and O–H groups in total. The monoisotopic (exact) mass is 413 g/mol. The molecule has 0 unspecified atom stereocenters. The Bertz CT molecular complexity index is 959. The summed E-state index contributed by atoms with van der Waals surface area (Å²) in [6.07, 6.45) is 7.88. The van der Waals surface area contributed by atoms with Crippen molar-refractivity contribution in [2.24, 2.45) is 0 Å². The van der Waals surface area contributed by atoms with Crippen molar-refractivity contribution in [2.75, 3.05) is 20.3 Å². The molecule has 4 rings (SSSR count). The number of H-pyrrole nitrogens is 1. The summed E-state index contributed by atoms with van der Waals surface area (Å²) in [6.45, 7) is 3.29.